The lowest BCUT2D eigenvalue weighted by molar-refractivity contribution is -0.119. The van der Waals surface area contributed by atoms with Crippen LogP contribution in [0.25, 0.3) is 0 Å². The average molecular weight is 434 g/mol. The summed E-state index contributed by atoms with van der Waals surface area (Å²) >= 11 is 1.52. The van der Waals surface area contributed by atoms with Crippen LogP contribution in [-0.2, 0) is 14.8 Å². The number of carbonyl (C=O) groups is 2. The topological polar surface area (TPSA) is 95.6 Å². The summed E-state index contributed by atoms with van der Waals surface area (Å²) in [5.74, 6) is 0.478. The lowest BCUT2D eigenvalue weighted by Gasteiger charge is -2.23. The van der Waals surface area contributed by atoms with E-state index in [0.717, 1.165) is 0 Å². The standard InChI is InChI=1S/C20H23N3O4S2/c1-14(2)22-29(26,27)17-10-8-16(9-11-17)21-19(24)18-12-28-13-23(18)20(25)15-6-4-3-5-7-15/h3-11,14,18,22H,12-13H2,1-2H3,(H,21,24)/t18-/m0/s1. The molecule has 0 aromatic heterocycles. The van der Waals surface area contributed by atoms with Crippen LogP contribution in [0.15, 0.2) is 59.5 Å². The fourth-order valence-corrected chi connectivity index (χ4v) is 5.33. The maximum Gasteiger partial charge on any atom is 0.255 e. The second kappa shape index (κ2) is 8.98. The van der Waals surface area contributed by atoms with Crippen molar-refractivity contribution in [1.29, 1.82) is 0 Å². The minimum Gasteiger partial charge on any atom is -0.324 e. The van der Waals surface area contributed by atoms with E-state index >= 15 is 0 Å². The van der Waals surface area contributed by atoms with E-state index in [1.165, 1.54) is 36.0 Å². The van der Waals surface area contributed by atoms with E-state index in [-0.39, 0.29) is 22.8 Å². The fraction of sp³-hybridized carbons (Fsp3) is 0.300. The third-order valence-corrected chi connectivity index (χ3v) is 6.98. The predicted octanol–water partition coefficient (Wildman–Crippen LogP) is 2.53. The van der Waals surface area contributed by atoms with Crippen molar-refractivity contribution < 1.29 is 18.0 Å². The van der Waals surface area contributed by atoms with Gasteiger partial charge in [-0.15, -0.1) is 11.8 Å². The molecule has 2 N–H and O–H groups in total. The molecular formula is C20H23N3O4S2. The van der Waals surface area contributed by atoms with Crippen molar-refractivity contribution in [1.82, 2.24) is 9.62 Å². The molecule has 0 aliphatic carbocycles. The first-order valence-electron chi connectivity index (χ1n) is 9.15. The zero-order valence-corrected chi connectivity index (χ0v) is 17.8. The Hall–Kier alpha value is -2.36. The van der Waals surface area contributed by atoms with Gasteiger partial charge in [0.2, 0.25) is 15.9 Å². The van der Waals surface area contributed by atoms with Gasteiger partial charge in [0.1, 0.15) is 6.04 Å². The Morgan fingerprint density at radius 3 is 2.34 bits per heavy atom. The molecule has 1 aliphatic rings. The highest BCUT2D eigenvalue weighted by atomic mass is 32.2. The Morgan fingerprint density at radius 1 is 1.07 bits per heavy atom. The molecule has 154 valence electrons. The molecule has 29 heavy (non-hydrogen) atoms. The molecule has 0 radical (unpaired) electrons. The van der Waals surface area contributed by atoms with Crippen LogP contribution in [0, 0.1) is 0 Å². The SMILES string of the molecule is CC(C)NS(=O)(=O)c1ccc(NC(=O)[C@@H]2CSCN2C(=O)c2ccccc2)cc1. The highest BCUT2D eigenvalue weighted by molar-refractivity contribution is 7.99. The van der Waals surface area contributed by atoms with Gasteiger partial charge in [-0.1, -0.05) is 18.2 Å². The highest BCUT2D eigenvalue weighted by Gasteiger charge is 2.35. The second-order valence-electron chi connectivity index (χ2n) is 6.95. The number of rotatable bonds is 6. The number of nitrogens with zero attached hydrogens (tertiary/aromatic N) is 1. The van der Waals surface area contributed by atoms with E-state index in [1.54, 1.807) is 43.0 Å². The highest BCUT2D eigenvalue weighted by Crippen LogP contribution is 2.24. The molecule has 7 nitrogen and oxygen atoms in total. The third kappa shape index (κ3) is 5.17. The smallest absolute Gasteiger partial charge is 0.255 e. The van der Waals surface area contributed by atoms with Gasteiger partial charge in [-0.25, -0.2) is 13.1 Å². The quantitative estimate of drug-likeness (QED) is 0.730. The molecule has 1 saturated heterocycles. The van der Waals surface area contributed by atoms with E-state index in [0.29, 0.717) is 22.9 Å². The minimum atomic E-state index is -3.59. The monoisotopic (exact) mass is 433 g/mol. The largest absolute Gasteiger partial charge is 0.324 e. The summed E-state index contributed by atoms with van der Waals surface area (Å²) in [7, 11) is -3.59. The number of nitrogens with one attached hydrogen (secondary N) is 2. The van der Waals surface area contributed by atoms with Gasteiger partial charge in [-0.2, -0.15) is 0 Å². The zero-order valence-electron chi connectivity index (χ0n) is 16.2. The molecule has 1 aliphatic heterocycles. The molecular weight excluding hydrogens is 410 g/mol. The summed E-state index contributed by atoms with van der Waals surface area (Å²) in [5, 5.41) is 2.78. The first-order valence-corrected chi connectivity index (χ1v) is 11.8. The molecule has 0 bridgehead atoms. The molecule has 2 aromatic carbocycles. The van der Waals surface area contributed by atoms with Gasteiger partial charge in [0.25, 0.3) is 5.91 Å². The van der Waals surface area contributed by atoms with Crippen LogP contribution in [0.5, 0.6) is 0 Å². The van der Waals surface area contributed by atoms with Crippen LogP contribution in [0.2, 0.25) is 0 Å². The molecule has 1 fully saturated rings. The lowest BCUT2D eigenvalue weighted by atomic mass is 10.1. The number of thioether (sulfide) groups is 1. The Bertz CT molecular complexity index is 977. The summed E-state index contributed by atoms with van der Waals surface area (Å²) in [6.45, 7) is 3.49. The number of amides is 2. The van der Waals surface area contributed by atoms with E-state index in [2.05, 4.69) is 10.0 Å². The van der Waals surface area contributed by atoms with Gasteiger partial charge in [0.05, 0.1) is 10.8 Å². The number of hydrogen-bond acceptors (Lipinski definition) is 5. The summed E-state index contributed by atoms with van der Waals surface area (Å²) < 4.78 is 26.9. The summed E-state index contributed by atoms with van der Waals surface area (Å²) in [6.07, 6.45) is 0. The summed E-state index contributed by atoms with van der Waals surface area (Å²) in [4.78, 5) is 27.1. The van der Waals surface area contributed by atoms with Crippen molar-refractivity contribution in [2.75, 3.05) is 16.9 Å². The molecule has 0 spiro atoms. The molecule has 2 aromatic rings. The van der Waals surface area contributed by atoms with E-state index < -0.39 is 16.1 Å². The van der Waals surface area contributed by atoms with Crippen LogP contribution in [0.3, 0.4) is 0 Å². The van der Waals surface area contributed by atoms with Crippen LogP contribution < -0.4 is 10.0 Å². The molecule has 2 amide bonds. The van der Waals surface area contributed by atoms with Crippen molar-refractivity contribution >= 4 is 39.3 Å². The maximum absolute atomic E-state index is 12.7. The second-order valence-corrected chi connectivity index (χ2v) is 9.66. The van der Waals surface area contributed by atoms with Gasteiger partial charge in [-0.05, 0) is 50.2 Å². The summed E-state index contributed by atoms with van der Waals surface area (Å²) in [5.41, 5.74) is 1.02. The first kappa shape index (κ1) is 21.4. The molecule has 1 atom stereocenters. The molecule has 3 rings (SSSR count). The minimum absolute atomic E-state index is 0.126. The number of hydrogen-bond donors (Lipinski definition) is 2. The number of anilines is 1. The van der Waals surface area contributed by atoms with Crippen LogP contribution in [-0.4, -0.2) is 48.8 Å². The zero-order chi connectivity index (χ0) is 21.0. The van der Waals surface area contributed by atoms with Gasteiger partial charge in [-0.3, -0.25) is 9.59 Å². The molecule has 9 heteroatoms. The lowest BCUT2D eigenvalue weighted by Crippen LogP contribution is -2.44. The normalized spacial score (nSPS) is 16.8. The molecule has 0 saturated carbocycles. The third-order valence-electron chi connectivity index (χ3n) is 4.29. The fourth-order valence-electron chi connectivity index (χ4n) is 2.93. The number of sulfonamides is 1. The number of benzene rings is 2. The predicted molar refractivity (Wildman–Crippen MR) is 114 cm³/mol. The maximum atomic E-state index is 12.7. The molecule has 0 unspecified atom stereocenters. The van der Waals surface area contributed by atoms with Crippen molar-refractivity contribution in [2.24, 2.45) is 0 Å². The van der Waals surface area contributed by atoms with Gasteiger partial charge >= 0.3 is 0 Å². The van der Waals surface area contributed by atoms with Crippen LogP contribution in [0.4, 0.5) is 5.69 Å². The van der Waals surface area contributed by atoms with Gasteiger partial charge in [0, 0.05) is 23.0 Å². The van der Waals surface area contributed by atoms with Crippen molar-refractivity contribution in [2.45, 2.75) is 30.8 Å². The average Bonchev–Trinajstić information content (AvgIpc) is 3.17. The summed E-state index contributed by atoms with van der Waals surface area (Å²) in [6, 6.07) is 14.0. The Kier molecular flexibility index (Phi) is 6.61. The van der Waals surface area contributed by atoms with Crippen molar-refractivity contribution in [3.8, 4) is 0 Å². The van der Waals surface area contributed by atoms with Crippen LogP contribution in [0.1, 0.15) is 24.2 Å². The van der Waals surface area contributed by atoms with Gasteiger partial charge in [0.15, 0.2) is 0 Å². The molecule has 1 heterocycles. The Labute approximate surface area is 174 Å². The first-order chi connectivity index (χ1) is 13.8. The van der Waals surface area contributed by atoms with E-state index in [4.69, 9.17) is 0 Å². The van der Waals surface area contributed by atoms with Gasteiger partial charge < -0.3 is 10.2 Å². The van der Waals surface area contributed by atoms with E-state index in [1.807, 2.05) is 6.07 Å². The van der Waals surface area contributed by atoms with Crippen molar-refractivity contribution in [3.05, 3.63) is 60.2 Å². The van der Waals surface area contributed by atoms with E-state index in [9.17, 15) is 18.0 Å². The van der Waals surface area contributed by atoms with Crippen molar-refractivity contribution in [3.63, 3.8) is 0 Å². The van der Waals surface area contributed by atoms with Crippen LogP contribution >= 0.6 is 11.8 Å². The Balaban J connectivity index is 1.69. The Morgan fingerprint density at radius 2 is 1.72 bits per heavy atom. The number of carbonyl (C=O) groups excluding carboxylic acids is 2.